The van der Waals surface area contributed by atoms with Crippen LogP contribution in [0.2, 0.25) is 5.02 Å². The van der Waals surface area contributed by atoms with Gasteiger partial charge in [-0.15, -0.1) is 0 Å². The highest BCUT2D eigenvalue weighted by Gasteiger charge is 2.31. The van der Waals surface area contributed by atoms with Crippen LogP contribution in [-0.4, -0.2) is 15.1 Å². The van der Waals surface area contributed by atoms with E-state index in [0.717, 1.165) is 29.7 Å². The van der Waals surface area contributed by atoms with Crippen LogP contribution < -0.4 is 5.73 Å². The lowest BCUT2D eigenvalue weighted by Crippen LogP contribution is -2.30. The quantitative estimate of drug-likeness (QED) is 0.846. The number of benzene rings is 1. The molecular formula is C16H18ClN3O. The largest absolute Gasteiger partial charge is 0.506 e. The van der Waals surface area contributed by atoms with Gasteiger partial charge in [0.25, 0.3) is 0 Å². The first-order valence-electron chi connectivity index (χ1n) is 6.96. The van der Waals surface area contributed by atoms with Gasteiger partial charge in [0.15, 0.2) is 5.82 Å². The highest BCUT2D eigenvalue weighted by atomic mass is 35.5. The molecule has 4 nitrogen and oxygen atoms in total. The minimum atomic E-state index is -0.0128. The number of aromatic hydroxyl groups is 1. The molecule has 1 aliphatic rings. The predicted molar refractivity (Wildman–Crippen MR) is 83.2 cm³/mol. The van der Waals surface area contributed by atoms with Gasteiger partial charge >= 0.3 is 0 Å². The van der Waals surface area contributed by atoms with Crippen LogP contribution in [-0.2, 0) is 6.42 Å². The molecule has 1 unspecified atom stereocenters. The van der Waals surface area contributed by atoms with Crippen molar-refractivity contribution in [3.63, 3.8) is 0 Å². The Labute approximate surface area is 129 Å². The van der Waals surface area contributed by atoms with E-state index in [1.165, 1.54) is 0 Å². The van der Waals surface area contributed by atoms with Crippen LogP contribution in [0.3, 0.4) is 0 Å². The molecule has 0 aliphatic heterocycles. The van der Waals surface area contributed by atoms with E-state index in [1.54, 1.807) is 18.2 Å². The van der Waals surface area contributed by atoms with E-state index in [4.69, 9.17) is 17.3 Å². The maximum Gasteiger partial charge on any atom is 0.159 e. The van der Waals surface area contributed by atoms with Crippen LogP contribution >= 0.6 is 11.6 Å². The van der Waals surface area contributed by atoms with Gasteiger partial charge in [0.05, 0.1) is 5.02 Å². The van der Waals surface area contributed by atoms with Gasteiger partial charge < -0.3 is 10.8 Å². The third-order valence-corrected chi connectivity index (χ3v) is 4.23. The van der Waals surface area contributed by atoms with Crippen molar-refractivity contribution in [3.8, 4) is 17.1 Å². The Balaban J connectivity index is 2.05. The molecule has 1 atom stereocenters. The Morgan fingerprint density at radius 3 is 2.86 bits per heavy atom. The Bertz CT molecular complexity index is 700. The monoisotopic (exact) mass is 303 g/mol. The zero-order chi connectivity index (χ0) is 15.2. The van der Waals surface area contributed by atoms with Crippen LogP contribution in [0, 0.1) is 5.41 Å². The normalized spacial score (nSPS) is 20.1. The van der Waals surface area contributed by atoms with E-state index in [9.17, 15) is 5.11 Å². The number of aromatic nitrogens is 2. The molecule has 110 valence electrons. The molecule has 5 heteroatoms. The Hall–Kier alpha value is -1.65. The van der Waals surface area contributed by atoms with E-state index in [0.29, 0.717) is 10.8 Å². The summed E-state index contributed by atoms with van der Waals surface area (Å²) in [7, 11) is 0. The summed E-state index contributed by atoms with van der Waals surface area (Å²) in [6.45, 7) is 4.41. The van der Waals surface area contributed by atoms with E-state index >= 15 is 0 Å². The average molecular weight is 304 g/mol. The fraction of sp³-hybridized carbons (Fsp3) is 0.375. The lowest BCUT2D eigenvalue weighted by Gasteiger charge is -2.34. The number of phenols is 1. The molecule has 1 aromatic carbocycles. The van der Waals surface area contributed by atoms with Crippen molar-refractivity contribution in [1.29, 1.82) is 0 Å². The van der Waals surface area contributed by atoms with Crippen molar-refractivity contribution in [3.05, 3.63) is 40.7 Å². The third-order valence-electron chi connectivity index (χ3n) is 3.92. The summed E-state index contributed by atoms with van der Waals surface area (Å²) in [5.41, 5.74) is 9.19. The average Bonchev–Trinajstić information content (AvgIpc) is 2.40. The number of halogens is 1. The number of nitrogens with zero attached hydrogens (tertiary/aromatic N) is 2. The summed E-state index contributed by atoms with van der Waals surface area (Å²) in [4.78, 5) is 9.07. The maximum atomic E-state index is 9.50. The molecule has 1 heterocycles. The molecule has 1 aliphatic carbocycles. The number of nitrogens with two attached hydrogens (primary N) is 1. The molecule has 0 radical (unpaired) electrons. The Morgan fingerprint density at radius 1 is 1.38 bits per heavy atom. The zero-order valence-electron chi connectivity index (χ0n) is 12.1. The zero-order valence-corrected chi connectivity index (χ0v) is 12.9. The van der Waals surface area contributed by atoms with Gasteiger partial charge in [0.1, 0.15) is 5.75 Å². The van der Waals surface area contributed by atoms with Gasteiger partial charge in [-0.2, -0.15) is 0 Å². The molecule has 21 heavy (non-hydrogen) atoms. The predicted octanol–water partition coefficient (Wildman–Crippen LogP) is 3.47. The molecule has 0 fully saturated rings. The van der Waals surface area contributed by atoms with Crippen LogP contribution in [0.1, 0.15) is 37.6 Å². The maximum absolute atomic E-state index is 9.50. The third kappa shape index (κ3) is 2.74. The number of hydrogen-bond donors (Lipinski definition) is 2. The SMILES string of the molecule is CC1(C)Cc2nc(-c3ccc(O)c(Cl)c3)ncc2C(N)C1. The topological polar surface area (TPSA) is 72.0 Å². The standard InChI is InChI=1S/C16H18ClN3O/c1-16(2)6-12(18)10-8-19-15(20-13(10)7-16)9-3-4-14(21)11(17)5-9/h3-5,8,12,21H,6-7,18H2,1-2H3. The summed E-state index contributed by atoms with van der Waals surface area (Å²) in [6, 6.07) is 4.97. The number of fused-ring (bicyclic) bond motifs is 1. The first-order chi connectivity index (χ1) is 9.85. The number of rotatable bonds is 1. The molecule has 2 aromatic rings. The first kappa shape index (κ1) is 14.3. The first-order valence-corrected chi connectivity index (χ1v) is 7.34. The van der Waals surface area contributed by atoms with E-state index in [-0.39, 0.29) is 17.2 Å². The van der Waals surface area contributed by atoms with Gasteiger partial charge in [-0.05, 0) is 36.5 Å². The van der Waals surface area contributed by atoms with Crippen molar-refractivity contribution in [1.82, 2.24) is 9.97 Å². The summed E-state index contributed by atoms with van der Waals surface area (Å²) in [5, 5.41) is 9.79. The van der Waals surface area contributed by atoms with Crippen molar-refractivity contribution in [2.45, 2.75) is 32.7 Å². The smallest absolute Gasteiger partial charge is 0.159 e. The second kappa shape index (κ2) is 4.97. The molecule has 0 bridgehead atoms. The summed E-state index contributed by atoms with van der Waals surface area (Å²) in [5.74, 6) is 0.669. The highest BCUT2D eigenvalue weighted by molar-refractivity contribution is 6.32. The van der Waals surface area contributed by atoms with Crippen LogP contribution in [0.4, 0.5) is 0 Å². The van der Waals surface area contributed by atoms with Gasteiger partial charge in [0, 0.05) is 29.1 Å². The fourth-order valence-electron chi connectivity index (χ4n) is 2.89. The van der Waals surface area contributed by atoms with Crippen molar-refractivity contribution >= 4 is 11.6 Å². The van der Waals surface area contributed by atoms with Gasteiger partial charge in [-0.3, -0.25) is 0 Å². The lowest BCUT2D eigenvalue weighted by atomic mass is 9.74. The molecule has 0 amide bonds. The van der Waals surface area contributed by atoms with Crippen LogP contribution in [0.15, 0.2) is 24.4 Å². The van der Waals surface area contributed by atoms with Crippen molar-refractivity contribution in [2.24, 2.45) is 11.1 Å². The molecule has 0 saturated heterocycles. The fourth-order valence-corrected chi connectivity index (χ4v) is 3.07. The highest BCUT2D eigenvalue weighted by Crippen LogP contribution is 2.39. The number of hydrogen-bond acceptors (Lipinski definition) is 4. The Morgan fingerprint density at radius 2 is 2.14 bits per heavy atom. The van der Waals surface area contributed by atoms with E-state index < -0.39 is 0 Å². The minimum absolute atomic E-state index is 0.0128. The second-order valence-electron chi connectivity index (χ2n) is 6.41. The molecule has 0 spiro atoms. The molecule has 3 rings (SSSR count). The van der Waals surface area contributed by atoms with Crippen molar-refractivity contribution in [2.75, 3.05) is 0 Å². The molecule has 1 aromatic heterocycles. The van der Waals surface area contributed by atoms with E-state index in [1.807, 2.05) is 6.20 Å². The second-order valence-corrected chi connectivity index (χ2v) is 6.82. The number of phenolic OH excluding ortho intramolecular Hbond substituents is 1. The van der Waals surface area contributed by atoms with Crippen molar-refractivity contribution < 1.29 is 5.11 Å². The van der Waals surface area contributed by atoms with Gasteiger partial charge in [-0.1, -0.05) is 25.4 Å². The van der Waals surface area contributed by atoms with Crippen LogP contribution in [0.25, 0.3) is 11.4 Å². The molecular weight excluding hydrogens is 286 g/mol. The summed E-state index contributed by atoms with van der Waals surface area (Å²) < 4.78 is 0. The van der Waals surface area contributed by atoms with Crippen LogP contribution in [0.5, 0.6) is 5.75 Å². The van der Waals surface area contributed by atoms with Gasteiger partial charge in [-0.25, -0.2) is 9.97 Å². The lowest BCUT2D eigenvalue weighted by molar-refractivity contribution is 0.278. The molecule has 0 saturated carbocycles. The van der Waals surface area contributed by atoms with E-state index in [2.05, 4.69) is 23.8 Å². The summed E-state index contributed by atoms with van der Waals surface area (Å²) >= 11 is 5.95. The minimum Gasteiger partial charge on any atom is -0.506 e. The Kier molecular flexibility index (Phi) is 3.38. The molecule has 3 N–H and O–H groups in total. The van der Waals surface area contributed by atoms with Gasteiger partial charge in [0.2, 0.25) is 0 Å². The summed E-state index contributed by atoms with van der Waals surface area (Å²) in [6.07, 6.45) is 3.64.